The molecule has 2 amide bonds. The van der Waals surface area contributed by atoms with E-state index in [4.69, 9.17) is 11.6 Å². The van der Waals surface area contributed by atoms with Crippen molar-refractivity contribution in [3.05, 3.63) is 136 Å². The maximum Gasteiger partial charge on any atom is 0.258 e. The Kier molecular flexibility index (Phi) is 9.67. The van der Waals surface area contributed by atoms with Gasteiger partial charge in [-0.05, 0) is 85.0 Å². The van der Waals surface area contributed by atoms with E-state index in [9.17, 15) is 14.0 Å². The molecule has 216 valence electrons. The molecule has 0 bridgehead atoms. The zero-order valence-electron chi connectivity index (χ0n) is 23.8. The lowest BCUT2D eigenvalue weighted by molar-refractivity contribution is 0.0733. The van der Waals surface area contributed by atoms with Gasteiger partial charge in [-0.2, -0.15) is 0 Å². The zero-order valence-corrected chi connectivity index (χ0v) is 24.6. The summed E-state index contributed by atoms with van der Waals surface area (Å²) in [5, 5.41) is 0.577. The number of hydrogen-bond acceptors (Lipinski definition) is 3. The van der Waals surface area contributed by atoms with Crippen LogP contribution in [0.25, 0.3) is 0 Å². The molecule has 0 radical (unpaired) electrons. The summed E-state index contributed by atoms with van der Waals surface area (Å²) in [6.07, 6.45) is 1.58. The lowest BCUT2D eigenvalue weighted by Gasteiger charge is -2.32. The summed E-state index contributed by atoms with van der Waals surface area (Å²) in [5.74, 6) is -0.653. The number of carbonyl (C=O) groups excluding carboxylic acids is 2. The highest BCUT2D eigenvalue weighted by Crippen LogP contribution is 2.30. The second-order valence-electron chi connectivity index (χ2n) is 10.7. The van der Waals surface area contributed by atoms with Gasteiger partial charge in [0.25, 0.3) is 11.8 Å². The number of nitrogens with zero attached hydrogens (tertiary/aromatic N) is 3. The highest BCUT2D eigenvalue weighted by Gasteiger charge is 2.26. The van der Waals surface area contributed by atoms with Gasteiger partial charge in [-0.3, -0.25) is 14.5 Å². The van der Waals surface area contributed by atoms with Gasteiger partial charge in [0.2, 0.25) is 0 Å². The third-order valence-electron chi connectivity index (χ3n) is 7.67. The molecule has 7 heteroatoms. The number of fused-ring (bicyclic) bond motifs is 1. The van der Waals surface area contributed by atoms with Gasteiger partial charge >= 0.3 is 0 Å². The molecular weight excluding hydrogens is 549 g/mol. The fourth-order valence-corrected chi connectivity index (χ4v) is 5.70. The third kappa shape index (κ3) is 7.25. The molecule has 0 unspecified atom stereocenters. The largest absolute Gasteiger partial charge is 0.334 e. The number of carbonyl (C=O) groups is 2. The second kappa shape index (κ2) is 13.8. The van der Waals surface area contributed by atoms with Crippen molar-refractivity contribution in [1.29, 1.82) is 0 Å². The molecule has 0 N–H and O–H groups in total. The van der Waals surface area contributed by atoms with E-state index in [2.05, 4.69) is 17.0 Å². The smallest absolute Gasteiger partial charge is 0.258 e. The van der Waals surface area contributed by atoms with E-state index in [1.54, 1.807) is 24.3 Å². The first-order valence-corrected chi connectivity index (χ1v) is 14.7. The van der Waals surface area contributed by atoms with Crippen LogP contribution < -0.4 is 4.90 Å². The molecule has 4 aromatic rings. The van der Waals surface area contributed by atoms with E-state index in [-0.39, 0.29) is 17.6 Å². The average molecular weight is 584 g/mol. The Labute approximate surface area is 252 Å². The molecule has 0 saturated carbocycles. The lowest BCUT2D eigenvalue weighted by atomic mass is 10.0. The van der Waals surface area contributed by atoms with Crippen LogP contribution in [0.4, 0.5) is 10.1 Å². The molecule has 1 aliphatic heterocycles. The van der Waals surface area contributed by atoms with Crippen LogP contribution in [0.1, 0.15) is 50.2 Å². The van der Waals surface area contributed by atoms with Crippen molar-refractivity contribution in [3.63, 3.8) is 0 Å². The first kappa shape index (κ1) is 29.5. The first-order valence-electron chi connectivity index (χ1n) is 14.4. The molecule has 42 heavy (non-hydrogen) atoms. The van der Waals surface area contributed by atoms with Crippen molar-refractivity contribution < 1.29 is 14.0 Å². The molecule has 5 nitrogen and oxygen atoms in total. The Morgan fingerprint density at radius 2 is 1.38 bits per heavy atom. The molecule has 4 aromatic carbocycles. The first-order chi connectivity index (χ1) is 20.4. The van der Waals surface area contributed by atoms with Gasteiger partial charge in [-0.25, -0.2) is 4.39 Å². The monoisotopic (exact) mass is 583 g/mol. The number of aryl methyl sites for hydroxylation is 1. The van der Waals surface area contributed by atoms with Gasteiger partial charge in [0, 0.05) is 55.4 Å². The van der Waals surface area contributed by atoms with Crippen LogP contribution in [-0.2, 0) is 13.1 Å². The van der Waals surface area contributed by atoms with E-state index < -0.39 is 0 Å². The lowest BCUT2D eigenvalue weighted by Crippen LogP contribution is -2.39. The molecule has 0 fully saturated rings. The summed E-state index contributed by atoms with van der Waals surface area (Å²) in [7, 11) is 0. The van der Waals surface area contributed by atoms with Gasteiger partial charge in [0.15, 0.2) is 0 Å². The van der Waals surface area contributed by atoms with Crippen LogP contribution in [0.5, 0.6) is 0 Å². The van der Waals surface area contributed by atoms with Crippen molar-refractivity contribution in [3.8, 4) is 0 Å². The van der Waals surface area contributed by atoms with Crippen molar-refractivity contribution in [2.75, 3.05) is 31.1 Å². The molecule has 5 rings (SSSR count). The van der Waals surface area contributed by atoms with Crippen molar-refractivity contribution in [2.45, 2.75) is 32.9 Å². The van der Waals surface area contributed by atoms with Gasteiger partial charge in [-0.15, -0.1) is 0 Å². The van der Waals surface area contributed by atoms with Crippen LogP contribution in [0.3, 0.4) is 0 Å². The fourth-order valence-electron chi connectivity index (χ4n) is 5.58. The normalized spacial score (nSPS) is 14.9. The van der Waals surface area contributed by atoms with Crippen LogP contribution >= 0.6 is 11.6 Å². The minimum Gasteiger partial charge on any atom is -0.334 e. The zero-order chi connectivity index (χ0) is 29.5. The number of amides is 2. The molecule has 0 saturated heterocycles. The molecule has 1 heterocycles. The molecular formula is C35H35ClFN3O2. The standard InChI is InChI=1S/C35H35ClFN3O2/c1-26-8-5-11-30-25-39(34(41)28-12-16-31(36)17-13-28)22-6-20-38(24-27-9-3-2-4-10-27)21-7-23-40(33(26)30)35(42)29-14-18-32(37)19-15-29/h2-5,8-19H,6-7,20-25H2,1H3. The number of hydrogen-bond donors (Lipinski definition) is 0. The Morgan fingerprint density at radius 1 is 0.738 bits per heavy atom. The summed E-state index contributed by atoms with van der Waals surface area (Å²) < 4.78 is 13.7. The maximum absolute atomic E-state index is 14.0. The number of para-hydroxylation sites is 1. The van der Waals surface area contributed by atoms with E-state index in [0.717, 1.165) is 49.3 Å². The Hall–Kier alpha value is -4.00. The molecule has 0 aliphatic carbocycles. The number of halogens is 2. The molecule has 0 aromatic heterocycles. The third-order valence-corrected chi connectivity index (χ3v) is 7.93. The second-order valence-corrected chi connectivity index (χ2v) is 11.2. The van der Waals surface area contributed by atoms with Crippen LogP contribution in [0.2, 0.25) is 5.02 Å². The quantitative estimate of drug-likeness (QED) is 0.252. The molecule has 0 atom stereocenters. The maximum atomic E-state index is 14.0. The summed E-state index contributed by atoms with van der Waals surface area (Å²) in [6.45, 7) is 5.78. The summed E-state index contributed by atoms with van der Waals surface area (Å²) >= 11 is 6.11. The van der Waals surface area contributed by atoms with Crippen LogP contribution in [-0.4, -0.2) is 47.8 Å². The van der Waals surface area contributed by atoms with Crippen LogP contribution in [0.15, 0.2) is 97.1 Å². The van der Waals surface area contributed by atoms with Crippen LogP contribution in [0, 0.1) is 12.7 Å². The number of anilines is 1. The number of rotatable bonds is 4. The van der Waals surface area contributed by atoms with Gasteiger partial charge in [0.1, 0.15) is 5.82 Å². The van der Waals surface area contributed by atoms with Crippen molar-refractivity contribution in [1.82, 2.24) is 9.80 Å². The van der Waals surface area contributed by atoms with E-state index in [1.807, 2.05) is 53.1 Å². The molecule has 0 spiro atoms. The molecule has 1 aliphatic rings. The van der Waals surface area contributed by atoms with E-state index in [0.29, 0.717) is 35.8 Å². The predicted molar refractivity (Wildman–Crippen MR) is 166 cm³/mol. The summed E-state index contributed by atoms with van der Waals surface area (Å²) in [4.78, 5) is 33.9. The van der Waals surface area contributed by atoms with E-state index >= 15 is 0 Å². The average Bonchev–Trinajstić information content (AvgIpc) is 2.99. The van der Waals surface area contributed by atoms with Crippen molar-refractivity contribution in [2.24, 2.45) is 0 Å². The SMILES string of the molecule is Cc1cccc2c1N(C(=O)c1ccc(F)cc1)CCCN(Cc1ccccc1)CCCN(C(=O)c1ccc(Cl)cc1)C2. The Morgan fingerprint density at radius 3 is 2.10 bits per heavy atom. The van der Waals surface area contributed by atoms with Crippen molar-refractivity contribution >= 4 is 29.1 Å². The predicted octanol–water partition coefficient (Wildman–Crippen LogP) is 7.37. The fraction of sp³-hybridized carbons (Fsp3) is 0.257. The highest BCUT2D eigenvalue weighted by atomic mass is 35.5. The topological polar surface area (TPSA) is 43.9 Å². The number of benzene rings is 4. The summed E-state index contributed by atoms with van der Waals surface area (Å²) in [6, 6.07) is 28.9. The van der Waals surface area contributed by atoms with E-state index in [1.165, 1.54) is 29.8 Å². The highest BCUT2D eigenvalue weighted by molar-refractivity contribution is 6.30. The summed E-state index contributed by atoms with van der Waals surface area (Å²) in [5.41, 5.74) is 4.86. The van der Waals surface area contributed by atoms with Gasteiger partial charge < -0.3 is 9.80 Å². The Balaban J connectivity index is 1.52. The Bertz CT molecular complexity index is 1510. The minimum atomic E-state index is -0.385. The van der Waals surface area contributed by atoms with Gasteiger partial charge in [-0.1, -0.05) is 60.1 Å². The minimum absolute atomic E-state index is 0.0813. The van der Waals surface area contributed by atoms with Gasteiger partial charge in [0.05, 0.1) is 5.69 Å².